The van der Waals surface area contributed by atoms with Gasteiger partial charge in [0.15, 0.2) is 0 Å². The minimum Gasteiger partial charge on any atom is -0.495 e. The van der Waals surface area contributed by atoms with E-state index in [1.807, 2.05) is 0 Å². The summed E-state index contributed by atoms with van der Waals surface area (Å²) >= 11 is 0. The third-order valence-electron chi connectivity index (χ3n) is 7.06. The number of nitrogens with zero attached hydrogens (tertiary/aromatic N) is 5. The molecule has 9 nitrogen and oxygen atoms in total. The zero-order chi connectivity index (χ0) is 24.5. The van der Waals surface area contributed by atoms with E-state index < -0.39 is 23.1 Å². The number of hydrogen-bond acceptors (Lipinski definition) is 7. The van der Waals surface area contributed by atoms with Crippen LogP contribution in [0, 0.1) is 23.0 Å². The predicted molar refractivity (Wildman–Crippen MR) is 122 cm³/mol. The number of carbonyl (C=O) groups is 1. The van der Waals surface area contributed by atoms with Gasteiger partial charge in [-0.05, 0) is 31.0 Å². The number of amides is 1. The van der Waals surface area contributed by atoms with Crippen molar-refractivity contribution in [3.63, 3.8) is 0 Å². The lowest BCUT2D eigenvalue weighted by molar-refractivity contribution is -0.124. The number of benzene rings is 1. The highest BCUT2D eigenvalue weighted by Gasteiger charge is 2.68. The van der Waals surface area contributed by atoms with Gasteiger partial charge in [-0.25, -0.2) is 23.7 Å². The summed E-state index contributed by atoms with van der Waals surface area (Å²) in [5, 5.41) is 7.77. The van der Waals surface area contributed by atoms with Gasteiger partial charge < -0.3 is 15.8 Å². The number of halogens is 2. The van der Waals surface area contributed by atoms with Gasteiger partial charge in [0.1, 0.15) is 46.3 Å². The Morgan fingerprint density at radius 2 is 2.06 bits per heavy atom. The van der Waals surface area contributed by atoms with E-state index in [1.165, 1.54) is 30.3 Å². The molecule has 1 saturated carbocycles. The highest BCUT2D eigenvalue weighted by molar-refractivity contribution is 5.94. The quantitative estimate of drug-likeness (QED) is 0.453. The van der Waals surface area contributed by atoms with Crippen molar-refractivity contribution in [2.45, 2.75) is 12.5 Å². The van der Waals surface area contributed by atoms with Gasteiger partial charge in [0.05, 0.1) is 24.1 Å². The fraction of sp³-hybridized carbons (Fsp3) is 0.292. The average Bonchev–Trinajstić information content (AvgIpc) is 3.27. The topological polar surface area (TPSA) is 121 Å². The summed E-state index contributed by atoms with van der Waals surface area (Å²) < 4.78 is 35.4. The number of aromatic nitrogens is 5. The van der Waals surface area contributed by atoms with Crippen LogP contribution in [-0.4, -0.2) is 44.3 Å². The number of ether oxygens (including phenoxy) is 1. The van der Waals surface area contributed by atoms with E-state index in [0.29, 0.717) is 52.4 Å². The van der Waals surface area contributed by atoms with Crippen molar-refractivity contribution in [3.8, 4) is 28.3 Å². The number of pyridine rings is 1. The monoisotopic (exact) mass is 477 g/mol. The molecule has 0 spiro atoms. The zero-order valence-corrected chi connectivity index (χ0v) is 18.9. The van der Waals surface area contributed by atoms with Gasteiger partial charge in [-0.3, -0.25) is 9.48 Å². The average molecular weight is 477 g/mol. The van der Waals surface area contributed by atoms with Crippen LogP contribution in [0.3, 0.4) is 0 Å². The van der Waals surface area contributed by atoms with Crippen LogP contribution in [0.5, 0.6) is 5.75 Å². The third-order valence-corrected chi connectivity index (χ3v) is 7.06. The number of rotatable bonds is 5. The molecule has 0 bridgehead atoms. The van der Waals surface area contributed by atoms with Gasteiger partial charge >= 0.3 is 0 Å². The first-order valence-corrected chi connectivity index (χ1v) is 11.1. The van der Waals surface area contributed by atoms with Crippen molar-refractivity contribution >= 4 is 16.9 Å². The van der Waals surface area contributed by atoms with Gasteiger partial charge in [0.25, 0.3) is 0 Å². The van der Waals surface area contributed by atoms with Crippen LogP contribution >= 0.6 is 0 Å². The Balaban J connectivity index is 1.56. The molecule has 2 fully saturated rings. The Bertz CT molecular complexity index is 1520. The lowest BCUT2D eigenvalue weighted by atomic mass is 9.92. The molecule has 0 radical (unpaired) electrons. The molecule has 178 valence electrons. The van der Waals surface area contributed by atoms with Crippen molar-refractivity contribution in [2.24, 2.45) is 24.1 Å². The molecule has 35 heavy (non-hydrogen) atoms. The number of piperidine rings is 1. The molecular weight excluding hydrogens is 456 g/mol. The van der Waals surface area contributed by atoms with Gasteiger partial charge in [0, 0.05) is 36.5 Å². The van der Waals surface area contributed by atoms with E-state index in [0.717, 1.165) is 6.07 Å². The first kappa shape index (κ1) is 21.5. The summed E-state index contributed by atoms with van der Waals surface area (Å²) in [5.41, 5.74) is 7.91. The Labute approximate surface area is 198 Å². The molecule has 4 heterocycles. The molecule has 3 N–H and O–H groups in total. The second-order valence-corrected chi connectivity index (χ2v) is 9.00. The van der Waals surface area contributed by atoms with Crippen LogP contribution in [0.25, 0.3) is 33.5 Å². The Morgan fingerprint density at radius 3 is 2.77 bits per heavy atom. The number of nitrogens with two attached hydrogens (primary N) is 1. The van der Waals surface area contributed by atoms with Crippen molar-refractivity contribution in [3.05, 3.63) is 54.1 Å². The summed E-state index contributed by atoms with van der Waals surface area (Å²) in [4.78, 5) is 26.1. The molecule has 3 unspecified atom stereocenters. The van der Waals surface area contributed by atoms with Crippen LogP contribution in [0.1, 0.15) is 18.2 Å². The van der Waals surface area contributed by atoms with Crippen LogP contribution in [0.4, 0.5) is 8.78 Å². The second-order valence-electron chi connectivity index (χ2n) is 9.00. The molecule has 1 aliphatic heterocycles. The van der Waals surface area contributed by atoms with Crippen LogP contribution in [0.2, 0.25) is 0 Å². The predicted octanol–water partition coefficient (Wildman–Crippen LogP) is 2.51. The van der Waals surface area contributed by atoms with Crippen molar-refractivity contribution < 1.29 is 18.3 Å². The van der Waals surface area contributed by atoms with Crippen LogP contribution in [-0.2, 0) is 11.8 Å². The number of carbonyl (C=O) groups excluding carboxylic acids is 1. The minimum atomic E-state index is -0.739. The lowest BCUT2D eigenvalue weighted by Crippen LogP contribution is -2.34. The molecule has 1 amide bonds. The Kier molecular flexibility index (Phi) is 4.62. The van der Waals surface area contributed by atoms with E-state index in [1.54, 1.807) is 19.3 Å². The second kappa shape index (κ2) is 7.51. The number of aryl methyl sites for hydroxylation is 1. The lowest BCUT2D eigenvalue weighted by Gasteiger charge is -2.23. The first-order chi connectivity index (χ1) is 16.8. The standard InChI is InChI=1S/C24H21F2N7O2/c1-33-9-14(18(32-33)13-4-3-12(25)5-15(13)26)19-20-16(29-10-30-19)6-17(35-2)21(31-20)22-24(23(27)34)7-11(24)8-28-22/h3-6,9-11,22,28H,7-8H2,1-2H3,(H2,27,34). The number of nitrogens with one attached hydrogen (secondary N) is 1. The number of primary amides is 1. The largest absolute Gasteiger partial charge is 0.495 e. The maximum absolute atomic E-state index is 14.7. The SMILES string of the molecule is COc1cc2ncnc(-c3cn(C)nc3-c3ccc(F)cc3F)c2nc1C1NCC2CC21C(N)=O. The van der Waals surface area contributed by atoms with Gasteiger partial charge in [0.2, 0.25) is 5.91 Å². The highest BCUT2D eigenvalue weighted by Crippen LogP contribution is 2.64. The van der Waals surface area contributed by atoms with Crippen molar-refractivity contribution in [1.82, 2.24) is 30.0 Å². The molecule has 1 aliphatic carbocycles. The van der Waals surface area contributed by atoms with E-state index in [-0.39, 0.29) is 17.4 Å². The number of fused-ring (bicyclic) bond motifs is 2. The van der Waals surface area contributed by atoms with Gasteiger partial charge in [-0.2, -0.15) is 5.10 Å². The third kappa shape index (κ3) is 3.11. The molecule has 6 rings (SSSR count). The normalized spacial score (nSPS) is 22.9. The van der Waals surface area contributed by atoms with Gasteiger partial charge in [-0.15, -0.1) is 0 Å². The van der Waals surface area contributed by atoms with E-state index >= 15 is 0 Å². The summed E-state index contributed by atoms with van der Waals surface area (Å²) in [6, 6.07) is 4.66. The maximum Gasteiger partial charge on any atom is 0.225 e. The Morgan fingerprint density at radius 1 is 1.23 bits per heavy atom. The maximum atomic E-state index is 14.7. The Hall–Kier alpha value is -3.99. The summed E-state index contributed by atoms with van der Waals surface area (Å²) in [6.07, 6.45) is 3.77. The van der Waals surface area contributed by atoms with Gasteiger partial charge in [-0.1, -0.05) is 0 Å². The van der Waals surface area contributed by atoms with E-state index in [9.17, 15) is 13.6 Å². The fourth-order valence-corrected chi connectivity index (χ4v) is 5.28. The van der Waals surface area contributed by atoms with E-state index in [4.69, 9.17) is 15.5 Å². The van der Waals surface area contributed by atoms with E-state index in [2.05, 4.69) is 20.4 Å². The fourth-order valence-electron chi connectivity index (χ4n) is 5.28. The minimum absolute atomic E-state index is 0.133. The summed E-state index contributed by atoms with van der Waals surface area (Å²) in [5.74, 6) is -1.15. The molecule has 4 aromatic rings. The smallest absolute Gasteiger partial charge is 0.225 e. The summed E-state index contributed by atoms with van der Waals surface area (Å²) in [7, 11) is 3.23. The molecule has 1 aromatic carbocycles. The number of hydrogen-bond donors (Lipinski definition) is 2. The van der Waals surface area contributed by atoms with Crippen molar-refractivity contribution in [2.75, 3.05) is 13.7 Å². The van der Waals surface area contributed by atoms with Crippen LogP contribution in [0.15, 0.2) is 36.8 Å². The van der Waals surface area contributed by atoms with Crippen molar-refractivity contribution in [1.29, 1.82) is 0 Å². The molecular formula is C24H21F2N7O2. The highest BCUT2D eigenvalue weighted by atomic mass is 19.1. The summed E-state index contributed by atoms with van der Waals surface area (Å²) in [6.45, 7) is 0.658. The molecule has 11 heteroatoms. The number of methoxy groups -OCH3 is 1. The first-order valence-electron chi connectivity index (χ1n) is 11.1. The van der Waals surface area contributed by atoms with Crippen LogP contribution < -0.4 is 15.8 Å². The molecule has 3 aromatic heterocycles. The molecule has 1 saturated heterocycles. The zero-order valence-electron chi connectivity index (χ0n) is 18.9. The molecule has 3 atom stereocenters. The molecule has 2 aliphatic rings.